The van der Waals surface area contributed by atoms with Gasteiger partial charge in [0.15, 0.2) is 11.3 Å². The Hall–Kier alpha value is -4.40. The lowest BCUT2D eigenvalue weighted by Gasteiger charge is -2.32. The molecule has 1 aromatic carbocycles. The number of ether oxygens (including phenoxy) is 2. The van der Waals surface area contributed by atoms with Crippen molar-refractivity contribution in [2.45, 2.75) is 51.0 Å². The Balaban J connectivity index is 1.09. The molecule has 1 atom stereocenters. The van der Waals surface area contributed by atoms with Crippen molar-refractivity contribution >= 4 is 17.1 Å². The Kier molecular flexibility index (Phi) is 7.59. The largest absolute Gasteiger partial charge is 0.477 e. The predicted octanol–water partition coefficient (Wildman–Crippen LogP) is 3.96. The number of pyridine rings is 2. The van der Waals surface area contributed by atoms with Crippen LogP contribution in [0.4, 0.5) is 4.39 Å². The molecule has 11 heteroatoms. The molecule has 3 aromatic heterocycles. The molecule has 6 rings (SSSR count). The van der Waals surface area contributed by atoms with E-state index in [9.17, 15) is 14.3 Å². The van der Waals surface area contributed by atoms with E-state index >= 15 is 0 Å². The van der Waals surface area contributed by atoms with Crippen molar-refractivity contribution in [3.8, 4) is 11.9 Å². The number of carboxylic acid groups (broad SMARTS) is 1. The van der Waals surface area contributed by atoms with Crippen LogP contribution in [0.2, 0.25) is 0 Å². The predicted molar refractivity (Wildman–Crippen MR) is 146 cm³/mol. The number of piperidine rings is 1. The molecule has 2 aliphatic rings. The fourth-order valence-corrected chi connectivity index (χ4v) is 5.25. The highest BCUT2D eigenvalue weighted by atomic mass is 19.1. The van der Waals surface area contributed by atoms with Crippen molar-refractivity contribution < 1.29 is 23.8 Å². The van der Waals surface area contributed by atoms with Gasteiger partial charge in [0.25, 0.3) is 0 Å². The molecule has 5 heterocycles. The number of carbonyl (C=O) groups is 1. The summed E-state index contributed by atoms with van der Waals surface area (Å²) < 4.78 is 28.2. The molecule has 41 heavy (non-hydrogen) atoms. The van der Waals surface area contributed by atoms with Crippen LogP contribution < -0.4 is 4.74 Å². The number of aromatic nitrogens is 4. The van der Waals surface area contributed by atoms with E-state index in [1.54, 1.807) is 18.2 Å². The third kappa shape index (κ3) is 6.04. The second kappa shape index (κ2) is 11.6. The molecule has 0 radical (unpaired) electrons. The number of nitrogens with zero attached hydrogens (tertiary/aromatic N) is 6. The van der Waals surface area contributed by atoms with Gasteiger partial charge in [-0.05, 0) is 55.2 Å². The molecule has 0 bridgehead atoms. The summed E-state index contributed by atoms with van der Waals surface area (Å²) in [7, 11) is 0. The highest BCUT2D eigenvalue weighted by Gasteiger charge is 2.26. The first-order valence-electron chi connectivity index (χ1n) is 13.7. The minimum Gasteiger partial charge on any atom is -0.477 e. The zero-order valence-electron chi connectivity index (χ0n) is 22.4. The standard InChI is InChI=1S/C30H29FN6O4/c31-24-14-19(16-32)4-5-20(24)15-21-2-1-3-28(33-21)41-22-8-11-36(12-9-22)18-27-34-25-6-7-26(30(38)39)35-29(25)37(27)17-23-10-13-40-23/h1-7,14,22-23H,8-13,15,17-18H2,(H,38,39). The summed E-state index contributed by atoms with van der Waals surface area (Å²) in [4.78, 5) is 27.6. The van der Waals surface area contributed by atoms with Gasteiger partial charge in [-0.1, -0.05) is 12.1 Å². The second-order valence-electron chi connectivity index (χ2n) is 10.4. The van der Waals surface area contributed by atoms with Crippen LogP contribution in [0.15, 0.2) is 48.5 Å². The molecule has 210 valence electrons. The molecule has 0 spiro atoms. The maximum atomic E-state index is 14.4. The lowest BCUT2D eigenvalue weighted by molar-refractivity contribution is -0.0593. The molecule has 2 aliphatic heterocycles. The van der Waals surface area contributed by atoms with Crippen molar-refractivity contribution in [1.29, 1.82) is 5.26 Å². The molecular weight excluding hydrogens is 527 g/mol. The van der Waals surface area contributed by atoms with Crippen LogP contribution in [0, 0.1) is 17.1 Å². The number of halogens is 1. The fourth-order valence-electron chi connectivity index (χ4n) is 5.25. The lowest BCUT2D eigenvalue weighted by atomic mass is 10.1. The third-order valence-corrected chi connectivity index (χ3v) is 7.59. The number of rotatable bonds is 9. The number of likely N-dealkylation sites (tertiary alicyclic amines) is 1. The highest BCUT2D eigenvalue weighted by Crippen LogP contribution is 2.24. The van der Waals surface area contributed by atoms with Crippen LogP contribution in [0.5, 0.6) is 5.88 Å². The van der Waals surface area contributed by atoms with Crippen molar-refractivity contribution in [2.75, 3.05) is 19.7 Å². The smallest absolute Gasteiger partial charge is 0.354 e. The molecule has 4 aromatic rings. The first-order valence-corrected chi connectivity index (χ1v) is 13.7. The summed E-state index contributed by atoms with van der Waals surface area (Å²) in [5.74, 6) is -0.132. The summed E-state index contributed by atoms with van der Waals surface area (Å²) >= 11 is 0. The van der Waals surface area contributed by atoms with E-state index < -0.39 is 11.8 Å². The summed E-state index contributed by atoms with van der Waals surface area (Å²) in [6.07, 6.45) is 2.97. The number of hydrogen-bond donors (Lipinski definition) is 1. The van der Waals surface area contributed by atoms with E-state index in [0.29, 0.717) is 47.8 Å². The third-order valence-electron chi connectivity index (χ3n) is 7.59. The van der Waals surface area contributed by atoms with Crippen molar-refractivity contribution in [3.63, 3.8) is 0 Å². The van der Waals surface area contributed by atoms with Crippen LogP contribution in [0.25, 0.3) is 11.2 Å². The molecule has 1 unspecified atom stereocenters. The van der Waals surface area contributed by atoms with E-state index in [-0.39, 0.29) is 23.5 Å². The normalized spacial score (nSPS) is 17.7. The molecule has 0 amide bonds. The van der Waals surface area contributed by atoms with Gasteiger partial charge in [0, 0.05) is 37.9 Å². The number of nitriles is 1. The molecule has 2 fully saturated rings. The average Bonchev–Trinajstić information content (AvgIpc) is 3.29. The first-order chi connectivity index (χ1) is 19.9. The van der Waals surface area contributed by atoms with Gasteiger partial charge < -0.3 is 19.1 Å². The van der Waals surface area contributed by atoms with Gasteiger partial charge in [0.1, 0.15) is 23.3 Å². The Labute approximate surface area is 236 Å². The second-order valence-corrected chi connectivity index (χ2v) is 10.4. The van der Waals surface area contributed by atoms with Crippen molar-refractivity contribution in [2.24, 2.45) is 0 Å². The summed E-state index contributed by atoms with van der Waals surface area (Å²) in [5, 5.41) is 18.4. The van der Waals surface area contributed by atoms with Gasteiger partial charge >= 0.3 is 5.97 Å². The lowest BCUT2D eigenvalue weighted by Crippen LogP contribution is -2.39. The number of aromatic carboxylic acids is 1. The quantitative estimate of drug-likeness (QED) is 0.326. The molecule has 0 aliphatic carbocycles. The van der Waals surface area contributed by atoms with Gasteiger partial charge in [-0.3, -0.25) is 4.90 Å². The van der Waals surface area contributed by atoms with Crippen molar-refractivity contribution in [1.82, 2.24) is 24.4 Å². The van der Waals surface area contributed by atoms with Crippen LogP contribution >= 0.6 is 0 Å². The van der Waals surface area contributed by atoms with Crippen LogP contribution in [-0.4, -0.2) is 67.4 Å². The summed E-state index contributed by atoms with van der Waals surface area (Å²) in [6, 6.07) is 15.1. The number of imidazole rings is 1. The molecule has 0 saturated carbocycles. The van der Waals surface area contributed by atoms with Gasteiger partial charge in [0.2, 0.25) is 5.88 Å². The number of fused-ring (bicyclic) bond motifs is 1. The first kappa shape index (κ1) is 26.8. The minimum atomic E-state index is -1.07. The molecular formula is C30H29FN6O4. The minimum absolute atomic E-state index is 0.00240. The molecule has 1 N–H and O–H groups in total. The SMILES string of the molecule is N#Cc1ccc(Cc2cccc(OC3CCN(Cc4nc5ccc(C(=O)O)nc5n4CC4CCO4)CC3)n2)c(F)c1. The van der Waals surface area contributed by atoms with E-state index in [1.165, 1.54) is 12.1 Å². The zero-order chi connectivity index (χ0) is 28.3. The number of benzene rings is 1. The van der Waals surface area contributed by atoms with Crippen LogP contribution in [0.3, 0.4) is 0 Å². The highest BCUT2D eigenvalue weighted by molar-refractivity contribution is 5.88. The Morgan fingerprint density at radius 1 is 1.12 bits per heavy atom. The maximum absolute atomic E-state index is 14.4. The van der Waals surface area contributed by atoms with E-state index in [1.807, 2.05) is 28.8 Å². The maximum Gasteiger partial charge on any atom is 0.354 e. The Bertz CT molecular complexity index is 1620. The zero-order valence-corrected chi connectivity index (χ0v) is 22.4. The van der Waals surface area contributed by atoms with Gasteiger partial charge in [-0.25, -0.2) is 24.1 Å². The Morgan fingerprint density at radius 3 is 2.66 bits per heavy atom. The summed E-state index contributed by atoms with van der Waals surface area (Å²) in [6.45, 7) is 3.55. The molecule has 10 nitrogen and oxygen atoms in total. The van der Waals surface area contributed by atoms with E-state index in [2.05, 4.69) is 14.9 Å². The molecule has 2 saturated heterocycles. The monoisotopic (exact) mass is 556 g/mol. The van der Waals surface area contributed by atoms with Crippen LogP contribution in [0.1, 0.15) is 52.4 Å². The average molecular weight is 557 g/mol. The Morgan fingerprint density at radius 2 is 1.95 bits per heavy atom. The fraction of sp³-hybridized carbons (Fsp3) is 0.367. The van der Waals surface area contributed by atoms with Crippen LogP contribution in [-0.2, 0) is 24.2 Å². The number of hydrogen-bond acceptors (Lipinski definition) is 8. The van der Waals surface area contributed by atoms with Gasteiger partial charge in [0.05, 0.1) is 30.8 Å². The topological polar surface area (TPSA) is 126 Å². The van der Waals surface area contributed by atoms with Gasteiger partial charge in [-0.2, -0.15) is 5.26 Å². The van der Waals surface area contributed by atoms with Gasteiger partial charge in [-0.15, -0.1) is 0 Å². The van der Waals surface area contributed by atoms with E-state index in [4.69, 9.17) is 19.7 Å². The summed E-state index contributed by atoms with van der Waals surface area (Å²) in [5.41, 5.74) is 2.70. The van der Waals surface area contributed by atoms with Crippen molar-refractivity contribution in [3.05, 3.63) is 82.7 Å². The number of carboxylic acids is 1. The van der Waals surface area contributed by atoms with E-state index in [0.717, 1.165) is 44.8 Å².